The van der Waals surface area contributed by atoms with E-state index >= 15 is 0 Å². The molecule has 72 valence electrons. The van der Waals surface area contributed by atoms with Gasteiger partial charge in [0.05, 0.1) is 0 Å². The van der Waals surface area contributed by atoms with E-state index in [0.717, 1.165) is 0 Å². The van der Waals surface area contributed by atoms with Gasteiger partial charge in [0, 0.05) is 5.41 Å². The van der Waals surface area contributed by atoms with Crippen molar-refractivity contribution in [3.63, 3.8) is 0 Å². The Morgan fingerprint density at radius 1 is 1.42 bits per heavy atom. The standard InChI is InChI=1S/C8H16O4/c1-5-8(12-11,6(9)10)7(2,3)4/h11H,5H2,1-4H3,(H,9,10). The van der Waals surface area contributed by atoms with Gasteiger partial charge in [-0.25, -0.2) is 9.68 Å². The molecule has 0 aliphatic rings. The maximum absolute atomic E-state index is 10.8. The Labute approximate surface area is 72.1 Å². The molecule has 0 saturated carbocycles. The van der Waals surface area contributed by atoms with Crippen LogP contribution in [0.15, 0.2) is 0 Å². The predicted molar refractivity (Wildman–Crippen MR) is 43.8 cm³/mol. The second-order valence-corrected chi connectivity index (χ2v) is 3.83. The summed E-state index contributed by atoms with van der Waals surface area (Å²) in [5.41, 5.74) is -2.14. The van der Waals surface area contributed by atoms with E-state index in [1.807, 2.05) is 0 Å². The molecular formula is C8H16O4. The molecule has 0 aromatic carbocycles. The van der Waals surface area contributed by atoms with Crippen molar-refractivity contribution in [3.05, 3.63) is 0 Å². The average molecular weight is 176 g/mol. The van der Waals surface area contributed by atoms with Gasteiger partial charge >= 0.3 is 5.97 Å². The minimum absolute atomic E-state index is 0.225. The third kappa shape index (κ3) is 1.59. The van der Waals surface area contributed by atoms with Crippen LogP contribution in [0, 0.1) is 5.41 Å². The Bertz CT molecular complexity index is 164. The van der Waals surface area contributed by atoms with Crippen molar-refractivity contribution in [2.24, 2.45) is 5.41 Å². The summed E-state index contributed by atoms with van der Waals surface area (Å²) in [7, 11) is 0. The number of carboxylic acids is 1. The monoisotopic (exact) mass is 176 g/mol. The van der Waals surface area contributed by atoms with Crippen molar-refractivity contribution in [3.8, 4) is 0 Å². The van der Waals surface area contributed by atoms with Crippen molar-refractivity contribution < 1.29 is 20.0 Å². The second-order valence-electron chi connectivity index (χ2n) is 3.83. The lowest BCUT2D eigenvalue weighted by Crippen LogP contribution is -2.51. The van der Waals surface area contributed by atoms with E-state index < -0.39 is 17.0 Å². The first-order chi connectivity index (χ1) is 5.31. The Kier molecular flexibility index (Phi) is 3.24. The SMILES string of the molecule is CCC(OO)(C(=O)O)C(C)(C)C. The van der Waals surface area contributed by atoms with Gasteiger partial charge in [-0.3, -0.25) is 5.26 Å². The van der Waals surface area contributed by atoms with Crippen molar-refractivity contribution in [1.82, 2.24) is 0 Å². The van der Waals surface area contributed by atoms with Gasteiger partial charge in [0.2, 0.25) is 5.60 Å². The highest BCUT2D eigenvalue weighted by atomic mass is 17.1. The summed E-state index contributed by atoms with van der Waals surface area (Å²) in [4.78, 5) is 15.0. The largest absolute Gasteiger partial charge is 0.479 e. The third-order valence-electron chi connectivity index (χ3n) is 2.21. The van der Waals surface area contributed by atoms with Gasteiger partial charge in [-0.1, -0.05) is 27.7 Å². The number of hydrogen-bond donors (Lipinski definition) is 2. The second kappa shape index (κ2) is 3.41. The van der Waals surface area contributed by atoms with Gasteiger partial charge in [-0.2, -0.15) is 0 Å². The Morgan fingerprint density at radius 3 is 1.83 bits per heavy atom. The molecule has 2 N–H and O–H groups in total. The van der Waals surface area contributed by atoms with Crippen LogP contribution in [0.5, 0.6) is 0 Å². The van der Waals surface area contributed by atoms with Crippen LogP contribution in [-0.4, -0.2) is 21.9 Å². The number of carboxylic acid groups (broad SMARTS) is 1. The summed E-state index contributed by atoms with van der Waals surface area (Å²) in [6, 6.07) is 0. The fourth-order valence-corrected chi connectivity index (χ4v) is 1.24. The van der Waals surface area contributed by atoms with Gasteiger partial charge in [-0.05, 0) is 6.42 Å². The molecule has 4 nitrogen and oxygen atoms in total. The molecule has 0 amide bonds. The highest BCUT2D eigenvalue weighted by molar-refractivity contribution is 5.78. The van der Waals surface area contributed by atoms with Gasteiger partial charge in [0.15, 0.2) is 0 Å². The van der Waals surface area contributed by atoms with E-state index in [1.165, 1.54) is 0 Å². The smallest absolute Gasteiger partial charge is 0.339 e. The minimum atomic E-state index is -1.51. The topological polar surface area (TPSA) is 66.8 Å². The molecule has 0 saturated heterocycles. The summed E-state index contributed by atoms with van der Waals surface area (Å²) in [6.45, 7) is 6.79. The van der Waals surface area contributed by atoms with Crippen LogP contribution in [0.4, 0.5) is 0 Å². The maximum Gasteiger partial charge on any atom is 0.339 e. The zero-order chi connectivity index (χ0) is 9.99. The van der Waals surface area contributed by atoms with Crippen molar-refractivity contribution in [2.45, 2.75) is 39.7 Å². The van der Waals surface area contributed by atoms with E-state index in [-0.39, 0.29) is 6.42 Å². The van der Waals surface area contributed by atoms with Gasteiger partial charge in [0.25, 0.3) is 0 Å². The molecule has 0 rings (SSSR count). The average Bonchev–Trinajstić information content (AvgIpc) is 1.87. The molecule has 0 radical (unpaired) electrons. The molecule has 1 unspecified atom stereocenters. The fraction of sp³-hybridized carbons (Fsp3) is 0.875. The molecule has 0 spiro atoms. The van der Waals surface area contributed by atoms with Crippen molar-refractivity contribution in [2.75, 3.05) is 0 Å². The molecule has 0 bridgehead atoms. The highest BCUT2D eigenvalue weighted by Gasteiger charge is 2.49. The number of carbonyl (C=O) groups is 1. The summed E-state index contributed by atoms with van der Waals surface area (Å²) >= 11 is 0. The number of hydrogen-bond acceptors (Lipinski definition) is 3. The summed E-state index contributed by atoms with van der Waals surface area (Å²) in [5, 5.41) is 17.5. The molecule has 0 heterocycles. The van der Waals surface area contributed by atoms with Crippen LogP contribution in [0.1, 0.15) is 34.1 Å². The van der Waals surface area contributed by atoms with Gasteiger partial charge < -0.3 is 5.11 Å². The summed E-state index contributed by atoms with van der Waals surface area (Å²) < 4.78 is 0. The lowest BCUT2D eigenvalue weighted by molar-refractivity contribution is -0.341. The molecule has 0 aromatic heterocycles. The van der Waals surface area contributed by atoms with E-state index in [2.05, 4.69) is 4.89 Å². The molecule has 0 aliphatic carbocycles. The molecule has 12 heavy (non-hydrogen) atoms. The molecule has 0 aromatic rings. The molecule has 0 fully saturated rings. The predicted octanol–water partition coefficient (Wildman–Crippen LogP) is 1.76. The number of rotatable bonds is 3. The first kappa shape index (κ1) is 11.4. The normalized spacial score (nSPS) is 17.1. The van der Waals surface area contributed by atoms with Crippen molar-refractivity contribution in [1.29, 1.82) is 0 Å². The van der Waals surface area contributed by atoms with E-state index in [9.17, 15) is 4.79 Å². The lowest BCUT2D eigenvalue weighted by Gasteiger charge is -2.36. The van der Waals surface area contributed by atoms with Crippen LogP contribution in [0.25, 0.3) is 0 Å². The van der Waals surface area contributed by atoms with Crippen LogP contribution in [0.3, 0.4) is 0 Å². The van der Waals surface area contributed by atoms with Crippen LogP contribution in [-0.2, 0) is 9.68 Å². The lowest BCUT2D eigenvalue weighted by atomic mass is 9.75. The zero-order valence-corrected chi connectivity index (χ0v) is 7.92. The summed E-state index contributed by atoms with van der Waals surface area (Å²) in [6.07, 6.45) is 0.225. The Morgan fingerprint density at radius 2 is 1.83 bits per heavy atom. The summed E-state index contributed by atoms with van der Waals surface area (Å²) in [5.74, 6) is -1.14. The number of aliphatic carboxylic acids is 1. The van der Waals surface area contributed by atoms with E-state index in [4.69, 9.17) is 10.4 Å². The molecule has 1 atom stereocenters. The van der Waals surface area contributed by atoms with Crippen molar-refractivity contribution >= 4 is 5.97 Å². The van der Waals surface area contributed by atoms with Gasteiger partial charge in [-0.15, -0.1) is 0 Å². The minimum Gasteiger partial charge on any atom is -0.479 e. The van der Waals surface area contributed by atoms with E-state index in [0.29, 0.717) is 0 Å². The quantitative estimate of drug-likeness (QED) is 0.508. The molecular weight excluding hydrogens is 160 g/mol. The van der Waals surface area contributed by atoms with Crippen LogP contribution >= 0.6 is 0 Å². The fourth-order valence-electron chi connectivity index (χ4n) is 1.24. The van der Waals surface area contributed by atoms with Crippen LogP contribution in [0.2, 0.25) is 0 Å². The third-order valence-corrected chi connectivity index (χ3v) is 2.21. The Balaban J connectivity index is 4.97. The van der Waals surface area contributed by atoms with E-state index in [1.54, 1.807) is 27.7 Å². The maximum atomic E-state index is 10.8. The molecule has 4 heteroatoms. The first-order valence-corrected chi connectivity index (χ1v) is 3.88. The zero-order valence-electron chi connectivity index (χ0n) is 7.92. The Hall–Kier alpha value is -0.610. The molecule has 0 aliphatic heterocycles. The first-order valence-electron chi connectivity index (χ1n) is 3.88. The van der Waals surface area contributed by atoms with Crippen LogP contribution < -0.4 is 0 Å². The highest BCUT2D eigenvalue weighted by Crippen LogP contribution is 2.36. The van der Waals surface area contributed by atoms with Gasteiger partial charge in [0.1, 0.15) is 0 Å².